The van der Waals surface area contributed by atoms with Gasteiger partial charge in [0.2, 0.25) is 0 Å². The molecule has 3 rings (SSSR count). The molecule has 0 fully saturated rings. The van der Waals surface area contributed by atoms with Crippen molar-refractivity contribution in [1.82, 2.24) is 10.6 Å². The Morgan fingerprint density at radius 2 is 1.00 bits per heavy atom. The van der Waals surface area contributed by atoms with Gasteiger partial charge in [0, 0.05) is 11.1 Å². The normalized spacial score (nSPS) is 12.4. The fourth-order valence-corrected chi connectivity index (χ4v) is 4.75. The summed E-state index contributed by atoms with van der Waals surface area (Å²) in [6, 6.07) is 19.9. The van der Waals surface area contributed by atoms with Gasteiger partial charge in [0.05, 0.1) is 11.1 Å². The molecule has 0 aliphatic carbocycles. The summed E-state index contributed by atoms with van der Waals surface area (Å²) >= 11 is 0. The van der Waals surface area contributed by atoms with E-state index >= 15 is 0 Å². The number of hydrogen-bond donors (Lipinski definition) is 5. The Morgan fingerprint density at radius 3 is 1.36 bits per heavy atom. The van der Waals surface area contributed by atoms with Crippen molar-refractivity contribution in [2.24, 2.45) is 0 Å². The van der Waals surface area contributed by atoms with E-state index in [4.69, 9.17) is 4.74 Å². The van der Waals surface area contributed by atoms with E-state index in [1.54, 1.807) is 88.4 Å². The lowest BCUT2D eigenvalue weighted by Gasteiger charge is -2.31. The second-order valence-electron chi connectivity index (χ2n) is 13.2. The maximum absolute atomic E-state index is 13.4. The Bertz CT molecular complexity index is 1490. The van der Waals surface area contributed by atoms with Crippen molar-refractivity contribution in [3.63, 3.8) is 0 Å². The zero-order valence-electron chi connectivity index (χ0n) is 26.9. The van der Waals surface area contributed by atoms with Crippen LogP contribution in [0.2, 0.25) is 0 Å². The fraction of sp³-hybridized carbons (Fsp3) is 0.371. The van der Waals surface area contributed by atoms with E-state index in [1.807, 2.05) is 12.1 Å². The van der Waals surface area contributed by atoms with Crippen molar-refractivity contribution in [3.8, 4) is 0 Å². The molecule has 0 heterocycles. The van der Waals surface area contributed by atoms with E-state index < -0.39 is 52.1 Å². The molecule has 10 heteroatoms. The molecule has 3 aromatic rings. The van der Waals surface area contributed by atoms with Gasteiger partial charge in [-0.15, -0.1) is 0 Å². The average molecular weight is 619 g/mol. The van der Waals surface area contributed by atoms with Gasteiger partial charge in [-0.25, -0.2) is 9.59 Å². The summed E-state index contributed by atoms with van der Waals surface area (Å²) in [7, 11) is 0. The van der Waals surface area contributed by atoms with E-state index in [1.165, 1.54) is 27.7 Å². The van der Waals surface area contributed by atoms with Gasteiger partial charge in [0.15, 0.2) is 17.7 Å². The molecular formula is C35H42N2O8. The molecule has 3 aromatic carbocycles. The average Bonchev–Trinajstić information content (AvgIpc) is 2.93. The van der Waals surface area contributed by atoms with E-state index in [0.717, 1.165) is 0 Å². The van der Waals surface area contributed by atoms with Crippen molar-refractivity contribution < 1.29 is 39.2 Å². The molecule has 0 atom stereocenters. The molecule has 0 bridgehead atoms. The minimum Gasteiger partial charge on any atom is -0.465 e. The molecule has 0 aliphatic rings. The molecule has 0 unspecified atom stereocenters. The molecule has 0 radical (unpaired) electrons. The Balaban J connectivity index is 1.94. The SMILES string of the molecule is CC(C)(O)C(=O)c1ccc(C(OC(=O)NC(C)(C)c2cccc(C(C)(C)NC(=O)O)c2)c2ccc(C(=O)C(C)(C)O)cc2)cc1. The number of aliphatic hydroxyl groups is 2. The number of ether oxygens (including phenoxy) is 1. The monoisotopic (exact) mass is 618 g/mol. The van der Waals surface area contributed by atoms with Gasteiger partial charge < -0.3 is 30.7 Å². The van der Waals surface area contributed by atoms with Gasteiger partial charge in [-0.2, -0.15) is 0 Å². The number of ketones is 2. The van der Waals surface area contributed by atoms with Gasteiger partial charge in [-0.1, -0.05) is 72.8 Å². The van der Waals surface area contributed by atoms with Gasteiger partial charge in [0.1, 0.15) is 11.2 Å². The van der Waals surface area contributed by atoms with E-state index in [2.05, 4.69) is 10.6 Å². The van der Waals surface area contributed by atoms with Crippen LogP contribution in [0.5, 0.6) is 0 Å². The van der Waals surface area contributed by atoms with Crippen LogP contribution in [-0.4, -0.2) is 50.3 Å². The molecule has 0 aliphatic heterocycles. The summed E-state index contributed by atoms with van der Waals surface area (Å²) in [5, 5.41) is 34.9. The number of carbonyl (C=O) groups is 4. The van der Waals surface area contributed by atoms with Crippen LogP contribution >= 0.6 is 0 Å². The Labute approximate surface area is 263 Å². The lowest BCUT2D eigenvalue weighted by atomic mass is 9.87. The summed E-state index contributed by atoms with van der Waals surface area (Å²) in [6.45, 7) is 12.6. The predicted octanol–water partition coefficient (Wildman–Crippen LogP) is 5.85. The quantitative estimate of drug-likeness (QED) is 0.167. The maximum Gasteiger partial charge on any atom is 0.408 e. The minimum absolute atomic E-state index is 0.280. The Kier molecular flexibility index (Phi) is 9.96. The summed E-state index contributed by atoms with van der Waals surface area (Å²) in [5.41, 5.74) is -1.94. The van der Waals surface area contributed by atoms with Gasteiger partial charge >= 0.3 is 12.2 Å². The third-order valence-electron chi connectivity index (χ3n) is 7.43. The number of hydrogen-bond acceptors (Lipinski definition) is 7. The van der Waals surface area contributed by atoms with Crippen molar-refractivity contribution in [1.29, 1.82) is 0 Å². The first-order valence-corrected chi connectivity index (χ1v) is 14.5. The number of Topliss-reactive ketones (excluding diaryl/α,β-unsaturated/α-hetero) is 2. The molecule has 10 nitrogen and oxygen atoms in total. The summed E-state index contributed by atoms with van der Waals surface area (Å²) < 4.78 is 5.96. The molecule has 0 saturated heterocycles. The van der Waals surface area contributed by atoms with Crippen LogP contribution in [0.1, 0.15) is 104 Å². The molecule has 45 heavy (non-hydrogen) atoms. The van der Waals surface area contributed by atoms with E-state index in [9.17, 15) is 34.5 Å². The molecule has 5 N–H and O–H groups in total. The van der Waals surface area contributed by atoms with Gasteiger partial charge in [0.25, 0.3) is 0 Å². The van der Waals surface area contributed by atoms with Gasteiger partial charge in [-0.05, 0) is 77.6 Å². The third kappa shape index (κ3) is 8.77. The molecule has 2 amide bonds. The van der Waals surface area contributed by atoms with Gasteiger partial charge in [-0.3, -0.25) is 9.59 Å². The van der Waals surface area contributed by atoms with Crippen LogP contribution in [0.3, 0.4) is 0 Å². The first-order valence-electron chi connectivity index (χ1n) is 14.5. The number of amides is 2. The fourth-order valence-electron chi connectivity index (χ4n) is 4.75. The first-order chi connectivity index (χ1) is 20.6. The zero-order chi connectivity index (χ0) is 34.0. The zero-order valence-corrected chi connectivity index (χ0v) is 26.9. The second-order valence-corrected chi connectivity index (χ2v) is 13.2. The highest BCUT2D eigenvalue weighted by molar-refractivity contribution is 6.02. The number of carbonyl (C=O) groups excluding carboxylic acids is 3. The highest BCUT2D eigenvalue weighted by Crippen LogP contribution is 2.30. The third-order valence-corrected chi connectivity index (χ3v) is 7.43. The summed E-state index contributed by atoms with van der Waals surface area (Å²) in [6.07, 6.45) is -2.87. The van der Waals surface area contributed by atoms with Crippen molar-refractivity contribution in [2.75, 3.05) is 0 Å². The van der Waals surface area contributed by atoms with Crippen molar-refractivity contribution >= 4 is 23.8 Å². The molecule has 0 saturated carbocycles. The van der Waals surface area contributed by atoms with Crippen molar-refractivity contribution in [2.45, 2.75) is 83.8 Å². The lowest BCUT2D eigenvalue weighted by Crippen LogP contribution is -2.43. The molecule has 240 valence electrons. The first kappa shape index (κ1) is 34.9. The molecule has 0 aromatic heterocycles. The van der Waals surface area contributed by atoms with Crippen LogP contribution in [0.15, 0.2) is 72.8 Å². The van der Waals surface area contributed by atoms with Crippen LogP contribution in [0.4, 0.5) is 9.59 Å². The number of alkyl carbamates (subject to hydrolysis) is 1. The molecule has 0 spiro atoms. The Hall–Kier alpha value is -4.54. The maximum atomic E-state index is 13.4. The van der Waals surface area contributed by atoms with Crippen LogP contribution in [0.25, 0.3) is 0 Å². The second kappa shape index (κ2) is 12.8. The van der Waals surface area contributed by atoms with Crippen molar-refractivity contribution in [3.05, 3.63) is 106 Å². The Morgan fingerprint density at radius 1 is 0.622 bits per heavy atom. The summed E-state index contributed by atoms with van der Waals surface area (Å²) in [5.74, 6) is -0.936. The highest BCUT2D eigenvalue weighted by atomic mass is 16.6. The smallest absolute Gasteiger partial charge is 0.408 e. The van der Waals surface area contributed by atoms with E-state index in [0.29, 0.717) is 22.3 Å². The predicted molar refractivity (Wildman–Crippen MR) is 169 cm³/mol. The molecular weight excluding hydrogens is 576 g/mol. The van der Waals surface area contributed by atoms with Crippen LogP contribution in [-0.2, 0) is 15.8 Å². The standard InChI is InChI=1S/C35H42N2O8/c1-32(2,36-30(40)41)25-10-9-11-26(20-25)33(3,4)37-31(42)45-27(21-12-16-23(17-13-21)28(38)34(5,6)43)22-14-18-24(19-15-22)29(39)35(7,8)44/h9-20,27,36,43-44H,1-8H3,(H,37,42)(H,40,41). The topological polar surface area (TPSA) is 162 Å². The number of rotatable bonds is 11. The van der Waals surface area contributed by atoms with Crippen LogP contribution in [0, 0.1) is 0 Å². The lowest BCUT2D eigenvalue weighted by molar-refractivity contribution is 0.0487. The number of benzene rings is 3. The van der Waals surface area contributed by atoms with Crippen LogP contribution < -0.4 is 10.6 Å². The number of carboxylic acid groups (broad SMARTS) is 1. The highest BCUT2D eigenvalue weighted by Gasteiger charge is 2.31. The number of nitrogens with one attached hydrogen (secondary N) is 2. The minimum atomic E-state index is -1.57. The largest absolute Gasteiger partial charge is 0.465 e. The van der Waals surface area contributed by atoms with E-state index in [-0.39, 0.29) is 11.1 Å². The summed E-state index contributed by atoms with van der Waals surface area (Å²) in [4.78, 5) is 49.9.